The molecule has 4 aromatic carbocycles. The quantitative estimate of drug-likeness (QED) is 0.350. The summed E-state index contributed by atoms with van der Waals surface area (Å²) >= 11 is 0. The molecule has 0 saturated heterocycles. The van der Waals surface area contributed by atoms with E-state index in [0.717, 1.165) is 27.8 Å². The summed E-state index contributed by atoms with van der Waals surface area (Å²) in [7, 11) is 1.62. The van der Waals surface area contributed by atoms with E-state index in [1.807, 2.05) is 91.0 Å². The van der Waals surface area contributed by atoms with Gasteiger partial charge < -0.3 is 15.0 Å². The zero-order valence-electron chi connectivity index (χ0n) is 20.8. The fourth-order valence-corrected chi connectivity index (χ4v) is 5.20. The van der Waals surface area contributed by atoms with E-state index in [-0.39, 0.29) is 11.8 Å². The lowest BCUT2D eigenvalue weighted by atomic mass is 9.79. The Kier molecular flexibility index (Phi) is 7.43. The Balaban J connectivity index is 1.51. The molecule has 0 unspecified atom stereocenters. The van der Waals surface area contributed by atoms with Crippen molar-refractivity contribution in [1.82, 2.24) is 10.2 Å². The molecule has 1 heterocycles. The molecule has 2 atom stereocenters. The minimum Gasteiger partial charge on any atom is -0.383 e. The smallest absolute Gasteiger partial charge is 0.254 e. The maximum absolute atomic E-state index is 14.0. The zero-order valence-corrected chi connectivity index (χ0v) is 20.8. The predicted octanol–water partition coefficient (Wildman–Crippen LogP) is 5.60. The number of hydrogen-bond acceptors (Lipinski definition) is 3. The molecule has 1 aliphatic heterocycles. The number of amides is 2. The number of ether oxygens (including phenoxy) is 1. The third-order valence-electron chi connectivity index (χ3n) is 6.95. The summed E-state index contributed by atoms with van der Waals surface area (Å²) in [5.41, 5.74) is 5.47. The highest BCUT2D eigenvalue weighted by Crippen LogP contribution is 2.42. The Morgan fingerprint density at radius 2 is 1.43 bits per heavy atom. The number of benzene rings is 4. The number of nitrogens with zero attached hydrogens (tertiary/aromatic N) is 1. The Bertz CT molecular complexity index is 1370. The Labute approximate surface area is 217 Å². The van der Waals surface area contributed by atoms with Crippen LogP contribution >= 0.6 is 0 Å². The van der Waals surface area contributed by atoms with E-state index in [2.05, 4.69) is 23.5 Å². The summed E-state index contributed by atoms with van der Waals surface area (Å²) in [5, 5.41) is 3.20. The van der Waals surface area contributed by atoms with E-state index in [9.17, 15) is 9.59 Å². The summed E-state index contributed by atoms with van der Waals surface area (Å²) in [6.45, 7) is 1.16. The normalized spacial score (nSPS) is 16.8. The van der Waals surface area contributed by atoms with E-state index < -0.39 is 12.0 Å². The van der Waals surface area contributed by atoms with Gasteiger partial charge in [-0.1, -0.05) is 103 Å². The van der Waals surface area contributed by atoms with Crippen molar-refractivity contribution in [2.24, 2.45) is 0 Å². The van der Waals surface area contributed by atoms with Crippen molar-refractivity contribution in [3.8, 4) is 11.1 Å². The van der Waals surface area contributed by atoms with Gasteiger partial charge in [0.05, 0.1) is 18.6 Å². The molecule has 0 fully saturated rings. The van der Waals surface area contributed by atoms with Gasteiger partial charge in [0.2, 0.25) is 5.91 Å². The molecule has 5 rings (SSSR count). The molecule has 2 amide bonds. The Morgan fingerprint density at radius 1 is 0.811 bits per heavy atom. The molecule has 37 heavy (non-hydrogen) atoms. The zero-order chi connectivity index (χ0) is 25.6. The van der Waals surface area contributed by atoms with Gasteiger partial charge in [-0.15, -0.1) is 0 Å². The molecule has 1 N–H and O–H groups in total. The lowest BCUT2D eigenvalue weighted by molar-refractivity contribution is -0.124. The number of rotatable bonds is 8. The third-order valence-corrected chi connectivity index (χ3v) is 6.95. The second kappa shape index (κ2) is 11.2. The van der Waals surface area contributed by atoms with Crippen LogP contribution in [0.5, 0.6) is 0 Å². The van der Waals surface area contributed by atoms with Crippen molar-refractivity contribution in [1.29, 1.82) is 0 Å². The molecule has 186 valence electrons. The summed E-state index contributed by atoms with van der Waals surface area (Å²) in [6, 6.07) is 35.1. The lowest BCUT2D eigenvalue weighted by Gasteiger charge is -2.41. The van der Waals surface area contributed by atoms with Crippen molar-refractivity contribution in [2.45, 2.75) is 18.5 Å². The minimum atomic E-state index is -0.558. The summed E-state index contributed by atoms with van der Waals surface area (Å²) in [5.74, 6) is -0.754. The van der Waals surface area contributed by atoms with Crippen molar-refractivity contribution < 1.29 is 14.3 Å². The van der Waals surface area contributed by atoms with Gasteiger partial charge in [0.1, 0.15) is 0 Å². The number of fused-ring (bicyclic) bond motifs is 1. The maximum Gasteiger partial charge on any atom is 0.254 e. The Hall–Kier alpha value is -4.22. The molecule has 1 aliphatic rings. The van der Waals surface area contributed by atoms with Crippen molar-refractivity contribution in [3.05, 3.63) is 131 Å². The van der Waals surface area contributed by atoms with Crippen LogP contribution in [0, 0.1) is 0 Å². The van der Waals surface area contributed by atoms with E-state index in [1.54, 1.807) is 12.0 Å². The second-order valence-electron chi connectivity index (χ2n) is 9.15. The van der Waals surface area contributed by atoms with Gasteiger partial charge in [-0.05, 0) is 33.9 Å². The van der Waals surface area contributed by atoms with E-state index in [0.29, 0.717) is 25.3 Å². The number of methoxy groups -OCH3 is 1. The molecule has 0 radical (unpaired) electrons. The molecule has 5 heteroatoms. The number of nitrogens with one attached hydrogen (secondary N) is 1. The lowest BCUT2D eigenvalue weighted by Crippen LogP contribution is -2.48. The topological polar surface area (TPSA) is 58.6 Å². The van der Waals surface area contributed by atoms with Crippen LogP contribution in [0.1, 0.15) is 39.0 Å². The minimum absolute atomic E-state index is 0.0834. The van der Waals surface area contributed by atoms with Crippen molar-refractivity contribution in [3.63, 3.8) is 0 Å². The molecule has 5 nitrogen and oxygen atoms in total. The molecule has 0 aliphatic carbocycles. The maximum atomic E-state index is 14.0. The first-order chi connectivity index (χ1) is 18.2. The first-order valence-corrected chi connectivity index (χ1v) is 12.5. The van der Waals surface area contributed by atoms with Crippen LogP contribution in [-0.4, -0.2) is 37.0 Å². The van der Waals surface area contributed by atoms with Crippen LogP contribution in [0.25, 0.3) is 11.1 Å². The summed E-state index contributed by atoms with van der Waals surface area (Å²) < 4.78 is 5.33. The van der Waals surface area contributed by atoms with Crippen LogP contribution in [0.2, 0.25) is 0 Å². The van der Waals surface area contributed by atoms with Crippen LogP contribution in [0.4, 0.5) is 0 Å². The number of carbonyl (C=O) groups is 2. The first-order valence-electron chi connectivity index (χ1n) is 12.5. The highest BCUT2D eigenvalue weighted by molar-refractivity contribution is 6.01. The highest BCUT2D eigenvalue weighted by atomic mass is 16.5. The SMILES string of the molecule is COCCN1C(=O)c2ccccc2[C@H](C(=O)NCc2ccccc2-c2ccccc2)[C@H]1c1ccccc1. The van der Waals surface area contributed by atoms with Gasteiger partial charge in [-0.2, -0.15) is 0 Å². The molecular weight excluding hydrogens is 460 g/mol. The van der Waals surface area contributed by atoms with Crippen molar-refractivity contribution in [2.75, 3.05) is 20.3 Å². The van der Waals surface area contributed by atoms with Gasteiger partial charge in [0, 0.05) is 25.8 Å². The van der Waals surface area contributed by atoms with Crippen LogP contribution in [0.3, 0.4) is 0 Å². The van der Waals surface area contributed by atoms with E-state index in [1.165, 1.54) is 0 Å². The average molecular weight is 491 g/mol. The second-order valence-corrected chi connectivity index (χ2v) is 9.15. The first kappa shape index (κ1) is 24.5. The molecule has 0 spiro atoms. The van der Waals surface area contributed by atoms with E-state index in [4.69, 9.17) is 4.74 Å². The molecule has 0 bridgehead atoms. The van der Waals surface area contributed by atoms with Crippen LogP contribution in [-0.2, 0) is 16.1 Å². The van der Waals surface area contributed by atoms with Gasteiger partial charge in [-0.3, -0.25) is 9.59 Å². The largest absolute Gasteiger partial charge is 0.383 e. The van der Waals surface area contributed by atoms with Crippen molar-refractivity contribution >= 4 is 11.8 Å². The van der Waals surface area contributed by atoms with E-state index >= 15 is 0 Å². The van der Waals surface area contributed by atoms with Gasteiger partial charge in [0.15, 0.2) is 0 Å². The predicted molar refractivity (Wildman–Crippen MR) is 145 cm³/mol. The standard InChI is InChI=1S/C32H30N2O3/c1-37-21-20-34-30(24-14-6-3-7-15-24)29(27-18-10-11-19-28(27)32(34)36)31(35)33-22-25-16-8-9-17-26(25)23-12-4-2-5-13-23/h2-19,29-30H,20-22H2,1H3,(H,33,35)/t29-,30+/m0/s1. The molecule has 4 aromatic rings. The molecular formula is C32H30N2O3. The van der Waals surface area contributed by atoms with Crippen LogP contribution in [0.15, 0.2) is 109 Å². The van der Waals surface area contributed by atoms with Gasteiger partial charge in [0.25, 0.3) is 5.91 Å². The van der Waals surface area contributed by atoms with Gasteiger partial charge in [-0.25, -0.2) is 0 Å². The molecule has 0 saturated carbocycles. The summed E-state index contributed by atoms with van der Waals surface area (Å²) in [6.07, 6.45) is 0. The fraction of sp³-hybridized carbons (Fsp3) is 0.188. The number of hydrogen-bond donors (Lipinski definition) is 1. The number of carbonyl (C=O) groups excluding carboxylic acids is 2. The third kappa shape index (κ3) is 5.04. The monoisotopic (exact) mass is 490 g/mol. The fourth-order valence-electron chi connectivity index (χ4n) is 5.20. The van der Waals surface area contributed by atoms with Crippen LogP contribution < -0.4 is 5.32 Å². The van der Waals surface area contributed by atoms with Gasteiger partial charge >= 0.3 is 0 Å². The summed E-state index contributed by atoms with van der Waals surface area (Å²) in [4.78, 5) is 29.4. The average Bonchev–Trinajstić information content (AvgIpc) is 2.96. The molecule has 0 aromatic heterocycles. The highest BCUT2D eigenvalue weighted by Gasteiger charge is 2.43. The Morgan fingerprint density at radius 3 is 2.16 bits per heavy atom.